The van der Waals surface area contributed by atoms with Crippen LogP contribution in [0.25, 0.3) is 0 Å². The number of halogens is 2. The van der Waals surface area contributed by atoms with Crippen molar-refractivity contribution in [1.82, 2.24) is 15.3 Å². The van der Waals surface area contributed by atoms with Gasteiger partial charge in [-0.2, -0.15) is 5.10 Å². The van der Waals surface area contributed by atoms with E-state index in [4.69, 9.17) is 9.15 Å². The van der Waals surface area contributed by atoms with E-state index in [1.54, 1.807) is 43.4 Å². The number of hydrogen-bond donors (Lipinski definition) is 2. The Bertz CT molecular complexity index is 1170. The molecule has 10 heteroatoms. The molecule has 0 aromatic carbocycles. The van der Waals surface area contributed by atoms with E-state index in [-0.39, 0.29) is 18.6 Å². The minimum Gasteiger partial charge on any atom is -0.443 e. The van der Waals surface area contributed by atoms with Crippen molar-refractivity contribution in [2.75, 3.05) is 27.2 Å². The molecule has 1 aromatic rings. The maximum atomic E-state index is 14.9. The van der Waals surface area contributed by atoms with E-state index in [9.17, 15) is 13.9 Å². The summed E-state index contributed by atoms with van der Waals surface area (Å²) in [5.41, 5.74) is 2.07. The first-order chi connectivity index (χ1) is 18.1. The number of alkyl halides is 1. The average molecular weight is 530 g/mol. The van der Waals surface area contributed by atoms with Crippen LogP contribution in [0.2, 0.25) is 0 Å². The first-order valence-electron chi connectivity index (χ1n) is 12.6. The summed E-state index contributed by atoms with van der Waals surface area (Å²) in [4.78, 5) is 8.35. The van der Waals surface area contributed by atoms with Crippen molar-refractivity contribution < 1.29 is 23.0 Å². The fraction of sp³-hybridized carbons (Fsp3) is 0.464. The highest BCUT2D eigenvalue weighted by molar-refractivity contribution is 5.92. The van der Waals surface area contributed by atoms with Gasteiger partial charge in [0.2, 0.25) is 0 Å². The Morgan fingerprint density at radius 2 is 2.16 bits per heavy atom. The predicted octanol–water partition coefficient (Wildman–Crippen LogP) is 4.45. The van der Waals surface area contributed by atoms with E-state index >= 15 is 0 Å². The zero-order chi connectivity index (χ0) is 27.8. The number of aryl methyl sites for hydroxylation is 2. The molecule has 0 saturated carbocycles. The number of aliphatic hydroxyl groups excluding tert-OH is 1. The number of aliphatic imine (C=N–C) groups is 1. The molecule has 0 saturated heterocycles. The number of oxazole rings is 1. The highest BCUT2D eigenvalue weighted by atomic mass is 19.2. The van der Waals surface area contributed by atoms with E-state index in [2.05, 4.69) is 27.0 Å². The molecule has 2 heterocycles. The predicted molar refractivity (Wildman–Crippen MR) is 145 cm³/mol. The number of nitrogens with zero attached hydrogens (tertiary/aromatic N) is 4. The minimum atomic E-state index is -1.94. The second-order valence-electron chi connectivity index (χ2n) is 9.31. The summed E-state index contributed by atoms with van der Waals surface area (Å²) in [7, 11) is 3.67. The van der Waals surface area contributed by atoms with Gasteiger partial charge in [-0.1, -0.05) is 24.8 Å². The van der Waals surface area contributed by atoms with Crippen molar-refractivity contribution in [2.24, 2.45) is 16.0 Å². The summed E-state index contributed by atoms with van der Waals surface area (Å²) in [6.45, 7) is 10.3. The lowest BCUT2D eigenvalue weighted by Crippen LogP contribution is -2.34. The Kier molecular flexibility index (Phi) is 10.5. The number of hydrazone groups is 1. The Morgan fingerprint density at radius 1 is 1.39 bits per heavy atom. The second-order valence-corrected chi connectivity index (χ2v) is 9.31. The molecule has 2 aliphatic rings. The van der Waals surface area contributed by atoms with Crippen LogP contribution in [0.15, 0.2) is 74.6 Å². The highest BCUT2D eigenvalue weighted by Gasteiger charge is 2.39. The molecule has 0 spiro atoms. The first kappa shape index (κ1) is 29.3. The number of nitrogens with one attached hydrogen (secondary N) is 1. The van der Waals surface area contributed by atoms with Crippen LogP contribution in [-0.4, -0.2) is 72.6 Å². The minimum absolute atomic E-state index is 0.0360. The summed E-state index contributed by atoms with van der Waals surface area (Å²) < 4.78 is 40.6. The van der Waals surface area contributed by atoms with Crippen molar-refractivity contribution in [3.05, 3.63) is 77.5 Å². The number of aliphatic hydroxyl groups is 1. The zero-order valence-corrected chi connectivity index (χ0v) is 22.6. The maximum Gasteiger partial charge on any atom is 0.191 e. The number of likely N-dealkylation sites (N-methyl/N-ethyl adjacent to an activating group) is 1. The standard InChI is InChI=1S/C28H37F2N5O3/c1-17(9-7-14-32-15-8-13-31-5)21-10-11-23(29)24(30)28(21)37-16-12-22-19(3)35(6)34-25(22)26(36)27-18(2)33-20(4)38-27/h7-11,14-15,19,22,24,26,28,31,36H,1,12-13,16H2,2-6H3/b9-7-,15-8?,32-14?. The molecule has 2 N–H and O–H groups in total. The normalized spacial score (nSPS) is 24.9. The van der Waals surface area contributed by atoms with E-state index in [0.717, 1.165) is 6.08 Å². The molecule has 3 rings (SSSR count). The third kappa shape index (κ3) is 7.00. The molecule has 8 nitrogen and oxygen atoms in total. The van der Waals surface area contributed by atoms with Gasteiger partial charge in [-0.25, -0.2) is 13.8 Å². The summed E-state index contributed by atoms with van der Waals surface area (Å²) in [6, 6.07) is -0.0360. The molecule has 1 aromatic heterocycles. The molecule has 0 radical (unpaired) electrons. The van der Waals surface area contributed by atoms with Gasteiger partial charge in [0.15, 0.2) is 23.9 Å². The summed E-state index contributed by atoms with van der Waals surface area (Å²) >= 11 is 0. The largest absolute Gasteiger partial charge is 0.443 e. The number of ether oxygens (including phenoxy) is 1. The third-order valence-electron chi connectivity index (χ3n) is 6.63. The van der Waals surface area contributed by atoms with Gasteiger partial charge in [-0.3, -0.25) is 10.0 Å². The van der Waals surface area contributed by atoms with Crippen LogP contribution in [0.1, 0.15) is 36.8 Å². The van der Waals surface area contributed by atoms with Gasteiger partial charge in [0, 0.05) is 45.5 Å². The van der Waals surface area contributed by atoms with Gasteiger partial charge in [-0.15, -0.1) is 0 Å². The highest BCUT2D eigenvalue weighted by Crippen LogP contribution is 2.34. The lowest BCUT2D eigenvalue weighted by atomic mass is 9.89. The molecule has 206 valence electrons. The van der Waals surface area contributed by atoms with Crippen molar-refractivity contribution in [1.29, 1.82) is 0 Å². The van der Waals surface area contributed by atoms with E-state index < -0.39 is 24.2 Å². The monoisotopic (exact) mass is 529 g/mol. The molecule has 0 bridgehead atoms. The maximum absolute atomic E-state index is 14.9. The molecule has 5 atom stereocenters. The van der Waals surface area contributed by atoms with Crippen LogP contribution in [0, 0.1) is 19.8 Å². The Morgan fingerprint density at radius 3 is 2.84 bits per heavy atom. The van der Waals surface area contributed by atoms with Crippen molar-refractivity contribution >= 4 is 11.9 Å². The fourth-order valence-electron chi connectivity index (χ4n) is 4.47. The number of hydrogen-bond acceptors (Lipinski definition) is 8. The molecule has 0 amide bonds. The van der Waals surface area contributed by atoms with E-state index in [1.165, 1.54) is 6.08 Å². The summed E-state index contributed by atoms with van der Waals surface area (Å²) in [6.07, 6.45) is 7.33. The van der Waals surface area contributed by atoms with Gasteiger partial charge in [-0.05, 0) is 50.6 Å². The fourth-order valence-corrected chi connectivity index (χ4v) is 4.47. The van der Waals surface area contributed by atoms with Gasteiger partial charge in [0.05, 0.1) is 17.4 Å². The molecule has 5 unspecified atom stereocenters. The molecular weight excluding hydrogens is 492 g/mol. The van der Waals surface area contributed by atoms with E-state index in [1.807, 2.05) is 27.1 Å². The summed E-state index contributed by atoms with van der Waals surface area (Å²) in [5.74, 6) is -0.269. The molecular formula is C28H37F2N5O3. The summed E-state index contributed by atoms with van der Waals surface area (Å²) in [5, 5.41) is 20.3. The number of allylic oxidation sites excluding steroid dienone is 4. The van der Waals surface area contributed by atoms with Crippen molar-refractivity contribution in [2.45, 2.75) is 51.6 Å². The van der Waals surface area contributed by atoms with Gasteiger partial charge in [0.25, 0.3) is 0 Å². The number of aromatic nitrogens is 1. The van der Waals surface area contributed by atoms with Crippen molar-refractivity contribution in [3.8, 4) is 0 Å². The van der Waals surface area contributed by atoms with E-state index in [0.29, 0.717) is 47.2 Å². The van der Waals surface area contributed by atoms with Gasteiger partial charge in [0.1, 0.15) is 11.9 Å². The Hall–Kier alpha value is -3.21. The lowest BCUT2D eigenvalue weighted by molar-refractivity contribution is 0.0201. The molecule has 0 fully saturated rings. The zero-order valence-electron chi connectivity index (χ0n) is 22.6. The molecule has 1 aliphatic carbocycles. The second kappa shape index (κ2) is 13.5. The number of rotatable bonds is 12. The van der Waals surface area contributed by atoms with Gasteiger partial charge < -0.3 is 19.6 Å². The van der Waals surface area contributed by atoms with Crippen LogP contribution in [-0.2, 0) is 4.74 Å². The van der Waals surface area contributed by atoms with Crippen LogP contribution in [0.4, 0.5) is 8.78 Å². The topological polar surface area (TPSA) is 95.5 Å². The van der Waals surface area contributed by atoms with Gasteiger partial charge >= 0.3 is 0 Å². The Labute approximate surface area is 222 Å². The third-order valence-corrected chi connectivity index (χ3v) is 6.63. The Balaban J connectivity index is 1.66. The average Bonchev–Trinajstić information content (AvgIpc) is 3.37. The van der Waals surface area contributed by atoms with Crippen LogP contribution in [0.3, 0.4) is 0 Å². The molecule has 1 aliphatic heterocycles. The first-order valence-corrected chi connectivity index (χ1v) is 12.6. The molecule has 38 heavy (non-hydrogen) atoms. The SMILES string of the molecule is C=C(/C=C\C=NC=CCNC)C1=CC=C(F)C(F)C1OCCC1C(C(O)c2oc(C)nc2C)=NN(C)C1C. The quantitative estimate of drug-likeness (QED) is 0.307. The smallest absolute Gasteiger partial charge is 0.191 e. The lowest BCUT2D eigenvalue weighted by Gasteiger charge is -2.28. The van der Waals surface area contributed by atoms with Crippen LogP contribution >= 0.6 is 0 Å². The van der Waals surface area contributed by atoms with Crippen LogP contribution in [0.5, 0.6) is 0 Å². The van der Waals surface area contributed by atoms with Crippen LogP contribution < -0.4 is 5.32 Å². The van der Waals surface area contributed by atoms with Crippen molar-refractivity contribution in [3.63, 3.8) is 0 Å².